The molecule has 0 aliphatic carbocycles. The maximum Gasteiger partial charge on any atom is 0.297 e. The number of nitrogens with zero attached hydrogens (tertiary/aromatic N) is 3. The Hall–Kier alpha value is -2.21. The van der Waals surface area contributed by atoms with Crippen LogP contribution in [0.1, 0.15) is 23.1 Å². The van der Waals surface area contributed by atoms with Crippen LogP contribution in [-0.4, -0.2) is 27.5 Å². The highest BCUT2D eigenvalue weighted by Crippen LogP contribution is 2.07. The van der Waals surface area contributed by atoms with Crippen molar-refractivity contribution < 1.29 is 9.63 Å². The number of benzene rings is 1. The van der Waals surface area contributed by atoms with Gasteiger partial charge in [0.1, 0.15) is 0 Å². The molecule has 0 fully saturated rings. The summed E-state index contributed by atoms with van der Waals surface area (Å²) >= 11 is 0. The molecule has 0 spiro atoms. The van der Waals surface area contributed by atoms with Crippen molar-refractivity contribution in [1.82, 2.24) is 20.5 Å². The van der Waals surface area contributed by atoms with Gasteiger partial charge in [-0.3, -0.25) is 9.63 Å². The second-order valence-electron chi connectivity index (χ2n) is 3.62. The number of aromatic nitrogens is 3. The van der Waals surface area contributed by atoms with Crippen molar-refractivity contribution in [3.63, 3.8) is 0 Å². The summed E-state index contributed by atoms with van der Waals surface area (Å²) in [6.45, 7) is 3.92. The molecule has 1 amide bonds. The van der Waals surface area contributed by atoms with E-state index in [1.165, 1.54) is 4.80 Å². The lowest BCUT2D eigenvalue weighted by atomic mass is 10.3. The first-order valence-electron chi connectivity index (χ1n) is 5.64. The molecule has 0 aliphatic rings. The molecular weight excluding hydrogens is 232 g/mol. The molecule has 0 saturated heterocycles. The van der Waals surface area contributed by atoms with E-state index in [-0.39, 0.29) is 5.69 Å². The third kappa shape index (κ3) is 2.54. The van der Waals surface area contributed by atoms with E-state index < -0.39 is 5.91 Å². The van der Waals surface area contributed by atoms with Gasteiger partial charge in [-0.25, -0.2) is 5.48 Å². The summed E-state index contributed by atoms with van der Waals surface area (Å²) in [6.07, 6.45) is 0. The first-order chi connectivity index (χ1) is 8.72. The predicted octanol–water partition coefficient (Wildman–Crippen LogP) is 1.26. The van der Waals surface area contributed by atoms with Gasteiger partial charge in [-0.05, 0) is 26.0 Å². The highest BCUT2D eigenvalue weighted by Gasteiger charge is 2.16. The summed E-state index contributed by atoms with van der Waals surface area (Å²) in [7, 11) is 0. The van der Waals surface area contributed by atoms with Crippen molar-refractivity contribution in [3.8, 4) is 5.69 Å². The van der Waals surface area contributed by atoms with Gasteiger partial charge in [0.05, 0.1) is 18.0 Å². The lowest BCUT2D eigenvalue weighted by molar-refractivity contribution is 0.0359. The molecule has 0 aliphatic heterocycles. The van der Waals surface area contributed by atoms with Gasteiger partial charge in [0, 0.05) is 0 Å². The molecule has 6 heteroatoms. The van der Waals surface area contributed by atoms with Crippen LogP contribution in [0.4, 0.5) is 0 Å². The highest BCUT2D eigenvalue weighted by molar-refractivity contribution is 5.92. The van der Waals surface area contributed by atoms with Gasteiger partial charge in [0.2, 0.25) is 0 Å². The summed E-state index contributed by atoms with van der Waals surface area (Å²) < 4.78 is 0. The highest BCUT2D eigenvalue weighted by atomic mass is 16.6. The second kappa shape index (κ2) is 5.42. The van der Waals surface area contributed by atoms with E-state index in [4.69, 9.17) is 4.84 Å². The number of carbonyl (C=O) groups excluding carboxylic acids is 1. The van der Waals surface area contributed by atoms with Crippen LogP contribution in [-0.2, 0) is 4.84 Å². The molecule has 0 saturated carbocycles. The van der Waals surface area contributed by atoms with E-state index in [1.807, 2.05) is 30.3 Å². The zero-order chi connectivity index (χ0) is 13.0. The lowest BCUT2D eigenvalue weighted by Crippen LogP contribution is -2.24. The number of hydroxylamine groups is 1. The molecule has 18 heavy (non-hydrogen) atoms. The van der Waals surface area contributed by atoms with Crippen molar-refractivity contribution in [2.75, 3.05) is 6.61 Å². The molecule has 0 atom stereocenters. The van der Waals surface area contributed by atoms with Crippen LogP contribution < -0.4 is 5.48 Å². The number of carbonyl (C=O) groups is 1. The van der Waals surface area contributed by atoms with Gasteiger partial charge in [-0.15, -0.1) is 5.10 Å². The first-order valence-corrected chi connectivity index (χ1v) is 5.64. The number of nitrogens with one attached hydrogen (secondary N) is 1. The van der Waals surface area contributed by atoms with Crippen LogP contribution in [0, 0.1) is 6.92 Å². The van der Waals surface area contributed by atoms with Crippen LogP contribution >= 0.6 is 0 Å². The van der Waals surface area contributed by atoms with Gasteiger partial charge in [0.15, 0.2) is 5.69 Å². The first kappa shape index (κ1) is 12.3. The molecular formula is C12H14N4O2. The topological polar surface area (TPSA) is 69.0 Å². The monoisotopic (exact) mass is 246 g/mol. The van der Waals surface area contributed by atoms with Crippen LogP contribution in [0.15, 0.2) is 30.3 Å². The number of para-hydroxylation sites is 1. The Balaban J connectivity index is 2.25. The summed E-state index contributed by atoms with van der Waals surface area (Å²) in [4.78, 5) is 18.0. The van der Waals surface area contributed by atoms with E-state index in [2.05, 4.69) is 15.7 Å². The van der Waals surface area contributed by atoms with E-state index >= 15 is 0 Å². The number of amides is 1. The molecule has 2 aromatic rings. The average Bonchev–Trinajstić information content (AvgIpc) is 2.79. The molecule has 0 unspecified atom stereocenters. The normalized spacial score (nSPS) is 10.3. The van der Waals surface area contributed by atoms with E-state index in [1.54, 1.807) is 13.8 Å². The Morgan fingerprint density at radius 3 is 2.72 bits per heavy atom. The molecule has 6 nitrogen and oxygen atoms in total. The summed E-state index contributed by atoms with van der Waals surface area (Å²) in [6, 6.07) is 9.40. The Morgan fingerprint density at radius 2 is 2.06 bits per heavy atom. The number of aryl methyl sites for hydroxylation is 1. The van der Waals surface area contributed by atoms with Gasteiger partial charge >= 0.3 is 0 Å². The maximum absolute atomic E-state index is 11.7. The minimum atomic E-state index is -0.392. The Morgan fingerprint density at radius 1 is 1.33 bits per heavy atom. The standard InChI is InChI=1S/C12H14N4O2/c1-3-18-15-12(17)11-9(2)13-16(14-11)10-7-5-4-6-8-10/h4-8H,3H2,1-2H3,(H,15,17). The molecule has 2 rings (SSSR count). The number of rotatable bonds is 4. The fourth-order valence-corrected chi connectivity index (χ4v) is 1.45. The SMILES string of the molecule is CCONC(=O)c1nn(-c2ccccc2)nc1C. The zero-order valence-corrected chi connectivity index (χ0v) is 10.3. The van der Waals surface area contributed by atoms with Crippen molar-refractivity contribution in [2.24, 2.45) is 0 Å². The van der Waals surface area contributed by atoms with Crippen molar-refractivity contribution in [2.45, 2.75) is 13.8 Å². The zero-order valence-electron chi connectivity index (χ0n) is 10.3. The molecule has 0 radical (unpaired) electrons. The summed E-state index contributed by atoms with van der Waals surface area (Å²) in [5.41, 5.74) is 3.91. The number of hydrogen-bond donors (Lipinski definition) is 1. The maximum atomic E-state index is 11.7. The average molecular weight is 246 g/mol. The van der Waals surface area contributed by atoms with E-state index in [0.29, 0.717) is 12.3 Å². The molecule has 1 aromatic heterocycles. The minimum Gasteiger partial charge on any atom is -0.274 e. The fraction of sp³-hybridized carbons (Fsp3) is 0.250. The van der Waals surface area contributed by atoms with E-state index in [0.717, 1.165) is 5.69 Å². The summed E-state index contributed by atoms with van der Waals surface area (Å²) in [5, 5.41) is 8.35. The van der Waals surface area contributed by atoms with Crippen molar-refractivity contribution in [3.05, 3.63) is 41.7 Å². The minimum absolute atomic E-state index is 0.257. The molecule has 94 valence electrons. The Bertz CT molecular complexity index is 536. The lowest BCUT2D eigenvalue weighted by Gasteiger charge is -2.00. The largest absolute Gasteiger partial charge is 0.297 e. The molecule has 0 bridgehead atoms. The second-order valence-corrected chi connectivity index (χ2v) is 3.62. The smallest absolute Gasteiger partial charge is 0.274 e. The molecule has 1 aromatic carbocycles. The molecule has 1 N–H and O–H groups in total. The van der Waals surface area contributed by atoms with Gasteiger partial charge in [0.25, 0.3) is 5.91 Å². The third-order valence-electron chi connectivity index (χ3n) is 2.29. The third-order valence-corrected chi connectivity index (χ3v) is 2.29. The van der Waals surface area contributed by atoms with Gasteiger partial charge in [-0.2, -0.15) is 9.90 Å². The molecule has 1 heterocycles. The van der Waals surface area contributed by atoms with Crippen LogP contribution in [0.2, 0.25) is 0 Å². The Kier molecular flexibility index (Phi) is 3.69. The van der Waals surface area contributed by atoms with Gasteiger partial charge < -0.3 is 0 Å². The number of hydrogen-bond acceptors (Lipinski definition) is 4. The quantitative estimate of drug-likeness (QED) is 0.824. The van der Waals surface area contributed by atoms with E-state index in [9.17, 15) is 4.79 Å². The van der Waals surface area contributed by atoms with Crippen LogP contribution in [0.25, 0.3) is 5.69 Å². The van der Waals surface area contributed by atoms with Crippen LogP contribution in [0.3, 0.4) is 0 Å². The fourth-order valence-electron chi connectivity index (χ4n) is 1.45. The van der Waals surface area contributed by atoms with Crippen LogP contribution in [0.5, 0.6) is 0 Å². The Labute approximate surface area is 105 Å². The van der Waals surface area contributed by atoms with Crippen molar-refractivity contribution in [1.29, 1.82) is 0 Å². The van der Waals surface area contributed by atoms with Gasteiger partial charge in [-0.1, -0.05) is 18.2 Å². The predicted molar refractivity (Wildman–Crippen MR) is 65.2 cm³/mol. The van der Waals surface area contributed by atoms with Crippen molar-refractivity contribution >= 4 is 5.91 Å². The summed E-state index contributed by atoms with van der Waals surface area (Å²) in [5.74, 6) is -0.392.